The Kier molecular flexibility index (Phi) is 8.49. The van der Waals surface area contributed by atoms with Gasteiger partial charge in [0.1, 0.15) is 12.1 Å². The van der Waals surface area contributed by atoms with Gasteiger partial charge < -0.3 is 15.4 Å². The number of hydrogen-bond acceptors (Lipinski definition) is 4. The van der Waals surface area contributed by atoms with E-state index in [1.165, 1.54) is 14.0 Å². The zero-order valence-corrected chi connectivity index (χ0v) is 17.6. The van der Waals surface area contributed by atoms with Gasteiger partial charge in [0.05, 0.1) is 7.11 Å². The van der Waals surface area contributed by atoms with E-state index < -0.39 is 24.0 Å². The first-order valence-corrected chi connectivity index (χ1v) is 9.69. The maximum atomic E-state index is 12.9. The standard InChI is InChI=1S/C21H22Cl2N2O4/c1-13(26)24-18(10-14-6-4-3-5-7-14)20(27)25-19(21(28)29-2)11-15-8-9-16(22)12-17(15)23/h3-9,12,18-19H,10-11H2,1-2H3,(H,24,26)(H,25,27)/t18-,19-/m1/s1. The Bertz CT molecular complexity index is 874. The van der Waals surface area contributed by atoms with Crippen LogP contribution in [0.2, 0.25) is 10.0 Å². The number of ether oxygens (including phenoxy) is 1. The first-order valence-electron chi connectivity index (χ1n) is 8.93. The molecule has 0 heterocycles. The van der Waals surface area contributed by atoms with E-state index in [0.717, 1.165) is 5.56 Å². The van der Waals surface area contributed by atoms with Crippen molar-refractivity contribution in [3.63, 3.8) is 0 Å². The van der Waals surface area contributed by atoms with Crippen molar-refractivity contribution < 1.29 is 19.1 Å². The molecular weight excluding hydrogens is 415 g/mol. The first kappa shape index (κ1) is 22.7. The van der Waals surface area contributed by atoms with Gasteiger partial charge in [-0.25, -0.2) is 4.79 Å². The molecule has 0 aliphatic carbocycles. The normalized spacial score (nSPS) is 12.6. The molecule has 2 N–H and O–H groups in total. The lowest BCUT2D eigenvalue weighted by Crippen LogP contribution is -2.53. The summed E-state index contributed by atoms with van der Waals surface area (Å²) in [5, 5.41) is 6.13. The van der Waals surface area contributed by atoms with Gasteiger partial charge in [-0.3, -0.25) is 9.59 Å². The van der Waals surface area contributed by atoms with Crippen molar-refractivity contribution in [1.82, 2.24) is 10.6 Å². The van der Waals surface area contributed by atoms with Gasteiger partial charge in [0, 0.05) is 29.8 Å². The molecule has 0 saturated carbocycles. The topological polar surface area (TPSA) is 84.5 Å². The summed E-state index contributed by atoms with van der Waals surface area (Å²) in [6, 6.07) is 12.3. The van der Waals surface area contributed by atoms with E-state index in [-0.39, 0.29) is 18.7 Å². The van der Waals surface area contributed by atoms with Gasteiger partial charge in [-0.05, 0) is 23.3 Å². The van der Waals surface area contributed by atoms with Crippen LogP contribution in [0.5, 0.6) is 0 Å². The predicted octanol–water partition coefficient (Wildman–Crippen LogP) is 2.94. The van der Waals surface area contributed by atoms with Crippen molar-refractivity contribution in [2.45, 2.75) is 31.8 Å². The number of carbonyl (C=O) groups excluding carboxylic acids is 3. The van der Waals surface area contributed by atoms with Gasteiger partial charge >= 0.3 is 5.97 Å². The number of halogens is 2. The van der Waals surface area contributed by atoms with E-state index in [0.29, 0.717) is 15.6 Å². The third-order valence-electron chi connectivity index (χ3n) is 4.22. The van der Waals surface area contributed by atoms with E-state index in [4.69, 9.17) is 27.9 Å². The van der Waals surface area contributed by atoms with Gasteiger partial charge in [-0.1, -0.05) is 59.6 Å². The number of esters is 1. The van der Waals surface area contributed by atoms with E-state index in [2.05, 4.69) is 10.6 Å². The lowest BCUT2D eigenvalue weighted by molar-refractivity contribution is -0.145. The molecule has 6 nitrogen and oxygen atoms in total. The van der Waals surface area contributed by atoms with Crippen molar-refractivity contribution in [2.24, 2.45) is 0 Å². The molecule has 0 bridgehead atoms. The highest BCUT2D eigenvalue weighted by molar-refractivity contribution is 6.35. The summed E-state index contributed by atoms with van der Waals surface area (Å²) in [5.41, 5.74) is 1.50. The zero-order valence-electron chi connectivity index (χ0n) is 16.1. The Morgan fingerprint density at radius 3 is 2.24 bits per heavy atom. The maximum Gasteiger partial charge on any atom is 0.328 e. The van der Waals surface area contributed by atoms with E-state index in [1.54, 1.807) is 18.2 Å². The SMILES string of the molecule is COC(=O)[C@@H](Cc1ccc(Cl)cc1Cl)NC(=O)[C@@H](Cc1ccccc1)NC(C)=O. The quantitative estimate of drug-likeness (QED) is 0.622. The fraction of sp³-hybridized carbons (Fsp3) is 0.286. The van der Waals surface area contributed by atoms with Crippen molar-refractivity contribution in [3.05, 3.63) is 69.7 Å². The molecule has 0 aromatic heterocycles. The molecule has 2 rings (SSSR count). The number of carbonyl (C=O) groups is 3. The fourth-order valence-corrected chi connectivity index (χ4v) is 3.31. The molecule has 8 heteroatoms. The van der Waals surface area contributed by atoms with Gasteiger partial charge in [-0.2, -0.15) is 0 Å². The second-order valence-corrected chi connectivity index (χ2v) is 7.31. The lowest BCUT2D eigenvalue weighted by Gasteiger charge is -2.22. The summed E-state index contributed by atoms with van der Waals surface area (Å²) in [6.45, 7) is 1.33. The van der Waals surface area contributed by atoms with Crippen LogP contribution in [0.15, 0.2) is 48.5 Å². The highest BCUT2D eigenvalue weighted by Crippen LogP contribution is 2.22. The largest absolute Gasteiger partial charge is 0.467 e. The van der Waals surface area contributed by atoms with Gasteiger partial charge in [-0.15, -0.1) is 0 Å². The molecule has 0 saturated heterocycles. The molecule has 29 heavy (non-hydrogen) atoms. The molecular formula is C21H22Cl2N2O4. The Morgan fingerprint density at radius 1 is 0.966 bits per heavy atom. The summed E-state index contributed by atoms with van der Waals surface area (Å²) in [6.07, 6.45) is 0.397. The van der Waals surface area contributed by atoms with Crippen LogP contribution in [0, 0.1) is 0 Å². The Hall–Kier alpha value is -2.57. The third-order valence-corrected chi connectivity index (χ3v) is 4.80. The first-order chi connectivity index (χ1) is 13.8. The van der Waals surface area contributed by atoms with E-state index in [1.807, 2.05) is 30.3 Å². The summed E-state index contributed by atoms with van der Waals surface area (Å²) in [5.74, 6) is -1.47. The van der Waals surface area contributed by atoms with Crippen LogP contribution >= 0.6 is 23.2 Å². The average Bonchev–Trinajstić information content (AvgIpc) is 2.68. The number of nitrogens with one attached hydrogen (secondary N) is 2. The van der Waals surface area contributed by atoms with Crippen LogP contribution in [-0.4, -0.2) is 37.0 Å². The molecule has 2 aromatic rings. The maximum absolute atomic E-state index is 12.9. The monoisotopic (exact) mass is 436 g/mol. The number of rotatable bonds is 8. The van der Waals surface area contributed by atoms with Crippen molar-refractivity contribution in [3.8, 4) is 0 Å². The van der Waals surface area contributed by atoms with E-state index >= 15 is 0 Å². The summed E-state index contributed by atoms with van der Waals surface area (Å²) in [4.78, 5) is 36.7. The van der Waals surface area contributed by atoms with Crippen LogP contribution in [0.1, 0.15) is 18.1 Å². The fourth-order valence-electron chi connectivity index (χ4n) is 2.82. The van der Waals surface area contributed by atoms with Crippen LogP contribution in [0.4, 0.5) is 0 Å². The lowest BCUT2D eigenvalue weighted by atomic mass is 10.0. The van der Waals surface area contributed by atoms with Crippen LogP contribution < -0.4 is 10.6 Å². The van der Waals surface area contributed by atoms with Gasteiger partial charge in [0.2, 0.25) is 11.8 Å². The summed E-state index contributed by atoms with van der Waals surface area (Å²) in [7, 11) is 1.24. The summed E-state index contributed by atoms with van der Waals surface area (Å²) < 4.78 is 4.82. The molecule has 154 valence electrons. The molecule has 0 fully saturated rings. The van der Waals surface area contributed by atoms with Crippen LogP contribution in [0.25, 0.3) is 0 Å². The number of hydrogen-bond donors (Lipinski definition) is 2. The molecule has 0 aliphatic rings. The average molecular weight is 437 g/mol. The molecule has 2 atom stereocenters. The minimum atomic E-state index is -0.974. The number of amides is 2. The Labute approximate surface area is 179 Å². The van der Waals surface area contributed by atoms with Crippen LogP contribution in [0.3, 0.4) is 0 Å². The molecule has 0 radical (unpaired) electrons. The minimum Gasteiger partial charge on any atom is -0.467 e. The predicted molar refractivity (Wildman–Crippen MR) is 112 cm³/mol. The Balaban J connectivity index is 2.18. The molecule has 2 amide bonds. The number of methoxy groups -OCH3 is 1. The van der Waals surface area contributed by atoms with E-state index in [9.17, 15) is 14.4 Å². The Morgan fingerprint density at radius 2 is 1.66 bits per heavy atom. The molecule has 0 aliphatic heterocycles. The molecule has 0 spiro atoms. The third kappa shape index (κ3) is 7.07. The van der Waals surface area contributed by atoms with Crippen molar-refractivity contribution in [1.29, 1.82) is 0 Å². The summed E-state index contributed by atoms with van der Waals surface area (Å²) >= 11 is 12.1. The zero-order chi connectivity index (χ0) is 21.4. The number of benzene rings is 2. The van der Waals surface area contributed by atoms with Crippen molar-refractivity contribution in [2.75, 3.05) is 7.11 Å². The second kappa shape index (κ2) is 10.8. The van der Waals surface area contributed by atoms with Gasteiger partial charge in [0.15, 0.2) is 0 Å². The van der Waals surface area contributed by atoms with Crippen molar-refractivity contribution >= 4 is 41.0 Å². The minimum absolute atomic E-state index is 0.118. The van der Waals surface area contributed by atoms with Gasteiger partial charge in [0.25, 0.3) is 0 Å². The molecule has 0 unspecified atom stereocenters. The molecule has 2 aromatic carbocycles. The second-order valence-electron chi connectivity index (χ2n) is 6.47. The highest BCUT2D eigenvalue weighted by atomic mass is 35.5. The smallest absolute Gasteiger partial charge is 0.328 e. The highest BCUT2D eigenvalue weighted by Gasteiger charge is 2.27. The van der Waals surface area contributed by atoms with Crippen LogP contribution in [-0.2, 0) is 32.0 Å².